The number of nitrogens with zero attached hydrogens (tertiary/aromatic N) is 1. The lowest BCUT2D eigenvalue weighted by Crippen LogP contribution is -2.52. The Morgan fingerprint density at radius 3 is 1.10 bits per heavy atom. The number of hydrogen-bond acceptors (Lipinski definition) is 5. The zero-order valence-corrected chi connectivity index (χ0v) is 34.9. The van der Waals surface area contributed by atoms with Gasteiger partial charge >= 0.3 is 11.9 Å². The number of carbonyl (C=O) groups is 2. The SMILES string of the molecule is CCCCCCCC/C=C\CCCCCCCC(=O)OCC(COC)(COC(=O)CCCCCCC/C=C\CCCCCCCC)C[N+](C)(C)C. The molecule has 0 aromatic carbocycles. The van der Waals surface area contributed by atoms with Crippen LogP contribution in [0.25, 0.3) is 0 Å². The Bertz CT molecular complexity index is 790. The van der Waals surface area contributed by atoms with E-state index in [1.54, 1.807) is 7.11 Å². The maximum absolute atomic E-state index is 12.7. The molecule has 0 unspecified atom stereocenters. The van der Waals surface area contributed by atoms with Crippen LogP contribution in [-0.4, -0.2) is 71.0 Å². The molecular weight excluding hydrogens is 634 g/mol. The van der Waals surface area contributed by atoms with Crippen LogP contribution in [0.5, 0.6) is 0 Å². The van der Waals surface area contributed by atoms with Crippen molar-refractivity contribution in [2.45, 2.75) is 194 Å². The second-order valence-electron chi connectivity index (χ2n) is 16.4. The summed E-state index contributed by atoms with van der Waals surface area (Å²) in [6, 6.07) is 0. The van der Waals surface area contributed by atoms with Crippen molar-refractivity contribution < 1.29 is 28.3 Å². The third kappa shape index (κ3) is 35.2. The van der Waals surface area contributed by atoms with Crippen LogP contribution >= 0.6 is 0 Å². The number of quaternary nitrogens is 1. The van der Waals surface area contributed by atoms with Crippen LogP contribution < -0.4 is 0 Å². The summed E-state index contributed by atoms with van der Waals surface area (Å²) in [5.41, 5.74) is -0.580. The van der Waals surface area contributed by atoms with Gasteiger partial charge in [0.1, 0.15) is 18.6 Å². The van der Waals surface area contributed by atoms with E-state index >= 15 is 0 Å². The Kier molecular flexibility index (Phi) is 34.2. The zero-order valence-electron chi connectivity index (χ0n) is 34.9. The molecule has 6 heteroatoms. The van der Waals surface area contributed by atoms with Crippen LogP contribution in [0.3, 0.4) is 0 Å². The van der Waals surface area contributed by atoms with Crippen molar-refractivity contribution in [1.29, 1.82) is 0 Å². The molecule has 0 bridgehead atoms. The predicted molar refractivity (Wildman–Crippen MR) is 218 cm³/mol. The fraction of sp³-hybridized carbons (Fsp3) is 0.867. The summed E-state index contributed by atoms with van der Waals surface area (Å²) < 4.78 is 17.9. The first-order valence-corrected chi connectivity index (χ1v) is 21.6. The Balaban J connectivity index is 4.24. The summed E-state index contributed by atoms with van der Waals surface area (Å²) in [5, 5.41) is 0. The van der Waals surface area contributed by atoms with Gasteiger partial charge in [-0.15, -0.1) is 0 Å². The topological polar surface area (TPSA) is 61.8 Å². The zero-order chi connectivity index (χ0) is 37.7. The van der Waals surface area contributed by atoms with Gasteiger partial charge in [-0.2, -0.15) is 0 Å². The van der Waals surface area contributed by atoms with Crippen molar-refractivity contribution in [3.63, 3.8) is 0 Å². The average molecular weight is 721 g/mol. The Morgan fingerprint density at radius 1 is 0.471 bits per heavy atom. The average Bonchev–Trinajstić information content (AvgIpc) is 3.09. The van der Waals surface area contributed by atoms with Gasteiger partial charge in [0.2, 0.25) is 0 Å². The quantitative estimate of drug-likeness (QED) is 0.0275. The van der Waals surface area contributed by atoms with E-state index in [-0.39, 0.29) is 25.2 Å². The van der Waals surface area contributed by atoms with Gasteiger partial charge < -0.3 is 18.7 Å². The lowest BCUT2D eigenvalue weighted by atomic mass is 9.89. The van der Waals surface area contributed by atoms with Crippen LogP contribution in [0.2, 0.25) is 0 Å². The number of hydrogen-bond donors (Lipinski definition) is 0. The van der Waals surface area contributed by atoms with Gasteiger partial charge in [0.25, 0.3) is 0 Å². The van der Waals surface area contributed by atoms with Crippen molar-refractivity contribution in [3.05, 3.63) is 24.3 Å². The van der Waals surface area contributed by atoms with Crippen LogP contribution in [0.15, 0.2) is 24.3 Å². The number of carbonyl (C=O) groups excluding carboxylic acids is 2. The summed E-state index contributed by atoms with van der Waals surface area (Å²) in [4.78, 5) is 25.4. The standard InChI is InChI=1S/C45H86NO5/c1-7-9-11-13-15-17-19-21-23-25-27-29-31-33-35-37-43(47)50-41-45(40-49-6,39-46(3,4)5)42-51-44(48)38-36-34-32-30-28-26-24-22-20-18-16-14-12-10-8-2/h21-24H,7-20,25-42H2,1-6H3/q+1/b23-21-,24-22-. The van der Waals surface area contributed by atoms with Crippen molar-refractivity contribution in [1.82, 2.24) is 0 Å². The normalized spacial score (nSPS) is 12.4. The maximum Gasteiger partial charge on any atom is 0.305 e. The first-order chi connectivity index (χ1) is 24.7. The molecule has 300 valence electrons. The van der Waals surface area contributed by atoms with Gasteiger partial charge in [-0.05, 0) is 64.2 Å². The third-order valence-electron chi connectivity index (χ3n) is 9.62. The third-order valence-corrected chi connectivity index (χ3v) is 9.62. The summed E-state index contributed by atoms with van der Waals surface area (Å²) in [7, 11) is 7.96. The van der Waals surface area contributed by atoms with Crippen molar-refractivity contribution in [3.8, 4) is 0 Å². The molecule has 0 aromatic heterocycles. The molecule has 0 aliphatic carbocycles. The molecule has 0 saturated heterocycles. The summed E-state index contributed by atoms with van der Waals surface area (Å²) in [6.07, 6.45) is 42.3. The second kappa shape index (κ2) is 35.4. The summed E-state index contributed by atoms with van der Waals surface area (Å²) in [6.45, 7) is 5.96. The van der Waals surface area contributed by atoms with Crippen molar-refractivity contribution in [2.75, 3.05) is 54.6 Å². The largest absolute Gasteiger partial charge is 0.465 e. The molecule has 0 fully saturated rings. The van der Waals surface area contributed by atoms with E-state index in [2.05, 4.69) is 59.3 Å². The van der Waals surface area contributed by atoms with Gasteiger partial charge in [0.05, 0.1) is 34.3 Å². The van der Waals surface area contributed by atoms with Crippen LogP contribution in [0.4, 0.5) is 0 Å². The summed E-state index contributed by atoms with van der Waals surface area (Å²) >= 11 is 0. The minimum atomic E-state index is -0.580. The molecule has 6 nitrogen and oxygen atoms in total. The van der Waals surface area contributed by atoms with E-state index < -0.39 is 5.41 Å². The first kappa shape index (κ1) is 49.3. The van der Waals surface area contributed by atoms with Crippen LogP contribution in [0.1, 0.15) is 194 Å². The number of ether oxygens (including phenoxy) is 3. The Morgan fingerprint density at radius 2 is 0.784 bits per heavy atom. The highest BCUT2D eigenvalue weighted by atomic mass is 16.6. The van der Waals surface area contributed by atoms with Crippen LogP contribution in [0, 0.1) is 5.41 Å². The molecule has 0 rings (SSSR count). The molecule has 0 spiro atoms. The molecule has 0 atom stereocenters. The van der Waals surface area contributed by atoms with Crippen molar-refractivity contribution >= 4 is 11.9 Å². The molecule has 0 saturated carbocycles. The van der Waals surface area contributed by atoms with Crippen molar-refractivity contribution in [2.24, 2.45) is 5.41 Å². The number of methoxy groups -OCH3 is 1. The van der Waals surface area contributed by atoms with E-state index in [0.29, 0.717) is 30.5 Å². The van der Waals surface area contributed by atoms with Gasteiger partial charge in [-0.1, -0.05) is 141 Å². The smallest absolute Gasteiger partial charge is 0.305 e. The summed E-state index contributed by atoms with van der Waals surface area (Å²) in [5.74, 6) is -0.344. The molecule has 0 aliphatic heterocycles. The molecule has 0 aliphatic rings. The second-order valence-corrected chi connectivity index (χ2v) is 16.4. The van der Waals surface area contributed by atoms with E-state index in [1.165, 1.54) is 116 Å². The molecule has 0 radical (unpaired) electrons. The molecule has 51 heavy (non-hydrogen) atoms. The molecule has 0 heterocycles. The number of rotatable bonds is 38. The molecule has 0 N–H and O–H groups in total. The highest BCUT2D eigenvalue weighted by molar-refractivity contribution is 5.69. The highest BCUT2D eigenvalue weighted by Crippen LogP contribution is 2.24. The number of unbranched alkanes of at least 4 members (excludes halogenated alkanes) is 22. The van der Waals surface area contributed by atoms with Gasteiger partial charge in [0, 0.05) is 20.0 Å². The minimum absolute atomic E-state index is 0.172. The maximum atomic E-state index is 12.7. The molecule has 0 amide bonds. The van der Waals surface area contributed by atoms with E-state index in [9.17, 15) is 9.59 Å². The fourth-order valence-corrected chi connectivity index (χ4v) is 6.87. The predicted octanol–water partition coefficient (Wildman–Crippen LogP) is 12.5. The molecule has 0 aromatic rings. The highest BCUT2D eigenvalue weighted by Gasteiger charge is 2.39. The Hall–Kier alpha value is -1.66. The van der Waals surface area contributed by atoms with Gasteiger partial charge in [-0.25, -0.2) is 0 Å². The van der Waals surface area contributed by atoms with E-state index in [1.807, 2.05) is 0 Å². The first-order valence-electron chi connectivity index (χ1n) is 21.6. The monoisotopic (exact) mass is 721 g/mol. The van der Waals surface area contributed by atoms with E-state index in [0.717, 1.165) is 51.4 Å². The lowest BCUT2D eigenvalue weighted by Gasteiger charge is -2.38. The van der Waals surface area contributed by atoms with Crippen LogP contribution in [-0.2, 0) is 23.8 Å². The molecular formula is C45H86NO5+. The van der Waals surface area contributed by atoms with Gasteiger partial charge in [-0.3, -0.25) is 9.59 Å². The van der Waals surface area contributed by atoms with Gasteiger partial charge in [0.15, 0.2) is 0 Å². The number of allylic oxidation sites excluding steroid dienone is 4. The Labute approximate surface area is 317 Å². The van der Waals surface area contributed by atoms with E-state index in [4.69, 9.17) is 14.2 Å². The fourth-order valence-electron chi connectivity index (χ4n) is 6.87. The number of esters is 2. The lowest BCUT2D eigenvalue weighted by molar-refractivity contribution is -0.877. The minimum Gasteiger partial charge on any atom is -0.465 e.